The van der Waals surface area contributed by atoms with Crippen LogP contribution in [-0.2, 0) is 17.8 Å². The van der Waals surface area contributed by atoms with Gasteiger partial charge in [-0.2, -0.15) is 0 Å². The Hall–Kier alpha value is -3.09. The smallest absolute Gasteiger partial charge is 0.267 e. The third-order valence-corrected chi connectivity index (χ3v) is 3.62. The molecule has 0 bridgehead atoms. The number of rotatable bonds is 5. The summed E-state index contributed by atoms with van der Waals surface area (Å²) in [4.78, 5) is 20.0. The van der Waals surface area contributed by atoms with E-state index in [9.17, 15) is 4.79 Å². The number of carbonyl (C=O) groups is 1. The Bertz CT molecular complexity index is 845. The van der Waals surface area contributed by atoms with Gasteiger partial charge in [-0.05, 0) is 30.5 Å². The number of nitrogens with one attached hydrogen (secondary N) is 1. The molecule has 1 aromatic carbocycles. The summed E-state index contributed by atoms with van der Waals surface area (Å²) in [7, 11) is 0. The molecule has 0 fully saturated rings. The van der Waals surface area contributed by atoms with Crippen molar-refractivity contribution >= 4 is 5.91 Å². The van der Waals surface area contributed by atoms with Crippen molar-refractivity contribution in [3.63, 3.8) is 0 Å². The van der Waals surface area contributed by atoms with Gasteiger partial charge >= 0.3 is 0 Å². The van der Waals surface area contributed by atoms with Crippen LogP contribution in [0.4, 0.5) is 0 Å². The fourth-order valence-electron chi connectivity index (χ4n) is 2.15. The summed E-state index contributed by atoms with van der Waals surface area (Å²) in [5, 5.41) is 10.6. The van der Waals surface area contributed by atoms with Crippen LogP contribution in [0.25, 0.3) is 11.6 Å². The van der Waals surface area contributed by atoms with E-state index in [1.165, 1.54) is 23.5 Å². The van der Waals surface area contributed by atoms with Crippen molar-refractivity contribution in [1.29, 1.82) is 0 Å². The molecule has 3 aromatic rings. The second-order valence-corrected chi connectivity index (χ2v) is 5.46. The lowest BCUT2D eigenvalue weighted by atomic mass is 10.1. The van der Waals surface area contributed by atoms with Gasteiger partial charge in [-0.1, -0.05) is 18.2 Å². The second-order valence-electron chi connectivity index (χ2n) is 5.46. The zero-order valence-electron chi connectivity index (χ0n) is 13.5. The van der Waals surface area contributed by atoms with Crippen LogP contribution in [0, 0.1) is 13.8 Å². The first-order chi connectivity index (χ1) is 11.6. The third kappa shape index (κ3) is 3.81. The van der Waals surface area contributed by atoms with Gasteiger partial charge in [-0.25, -0.2) is 4.98 Å². The van der Waals surface area contributed by atoms with E-state index < -0.39 is 0 Å². The highest BCUT2D eigenvalue weighted by atomic mass is 16.4. The molecule has 0 radical (unpaired) electrons. The molecule has 2 heterocycles. The summed E-state index contributed by atoms with van der Waals surface area (Å²) in [6, 6.07) is 6.11. The van der Waals surface area contributed by atoms with Crippen molar-refractivity contribution in [3.05, 3.63) is 59.4 Å². The largest absolute Gasteiger partial charge is 0.419 e. The monoisotopic (exact) mass is 323 g/mol. The molecular weight excluding hydrogens is 306 g/mol. The number of hydrogen-bond donors (Lipinski definition) is 1. The molecule has 3 rings (SSSR count). The first-order valence-electron chi connectivity index (χ1n) is 7.53. The van der Waals surface area contributed by atoms with Crippen LogP contribution in [0.5, 0.6) is 0 Å². The normalized spacial score (nSPS) is 10.6. The molecule has 7 heteroatoms. The zero-order chi connectivity index (χ0) is 16.9. The van der Waals surface area contributed by atoms with Gasteiger partial charge in [0.25, 0.3) is 5.89 Å². The second kappa shape index (κ2) is 6.99. The highest BCUT2D eigenvalue weighted by Crippen LogP contribution is 2.13. The maximum atomic E-state index is 12.0. The average Bonchev–Trinajstić information content (AvgIpc) is 3.05. The summed E-state index contributed by atoms with van der Waals surface area (Å²) in [5.41, 5.74) is 3.96. The van der Waals surface area contributed by atoms with Crippen LogP contribution >= 0.6 is 0 Å². The predicted octanol–water partition coefficient (Wildman–Crippen LogP) is 2.00. The van der Waals surface area contributed by atoms with Crippen LogP contribution in [-0.4, -0.2) is 26.1 Å². The molecule has 0 saturated heterocycles. The first kappa shape index (κ1) is 15.8. The lowest BCUT2D eigenvalue weighted by Crippen LogP contribution is -2.24. The molecule has 0 aliphatic carbocycles. The van der Waals surface area contributed by atoms with E-state index in [-0.39, 0.29) is 24.1 Å². The minimum absolute atomic E-state index is 0.0259. The van der Waals surface area contributed by atoms with E-state index in [1.807, 2.05) is 19.1 Å². The molecule has 0 unspecified atom stereocenters. The molecular formula is C17H17N5O2. The number of nitrogens with zero attached hydrogens (tertiary/aromatic N) is 4. The summed E-state index contributed by atoms with van der Waals surface area (Å²) in [6.45, 7) is 4.57. The summed E-state index contributed by atoms with van der Waals surface area (Å²) in [6.07, 6.45) is 4.64. The summed E-state index contributed by atoms with van der Waals surface area (Å²) >= 11 is 0. The molecule has 0 saturated carbocycles. The fourth-order valence-corrected chi connectivity index (χ4v) is 2.15. The maximum Gasteiger partial charge on any atom is 0.267 e. The Morgan fingerprint density at radius 1 is 1.17 bits per heavy atom. The Balaban J connectivity index is 1.57. The van der Waals surface area contributed by atoms with Gasteiger partial charge in [0, 0.05) is 18.9 Å². The highest BCUT2D eigenvalue weighted by molar-refractivity contribution is 5.77. The summed E-state index contributed by atoms with van der Waals surface area (Å²) in [5.74, 6) is 0.316. The van der Waals surface area contributed by atoms with E-state index >= 15 is 0 Å². The van der Waals surface area contributed by atoms with Gasteiger partial charge in [0.2, 0.25) is 11.8 Å². The van der Waals surface area contributed by atoms with E-state index in [0.29, 0.717) is 12.2 Å². The van der Waals surface area contributed by atoms with Gasteiger partial charge in [0.1, 0.15) is 12.1 Å². The number of amides is 1. The minimum atomic E-state index is -0.178. The summed E-state index contributed by atoms with van der Waals surface area (Å²) < 4.78 is 5.44. The predicted molar refractivity (Wildman–Crippen MR) is 86.8 cm³/mol. The van der Waals surface area contributed by atoms with E-state index in [2.05, 4.69) is 38.5 Å². The quantitative estimate of drug-likeness (QED) is 0.772. The zero-order valence-corrected chi connectivity index (χ0v) is 13.5. The minimum Gasteiger partial charge on any atom is -0.419 e. The average molecular weight is 323 g/mol. The lowest BCUT2D eigenvalue weighted by molar-refractivity contribution is -0.120. The molecule has 1 N–H and O–H groups in total. The number of carbonyl (C=O) groups excluding carboxylic acids is 1. The SMILES string of the molecule is Cc1ccc(CNC(=O)Cc2nnc(-c3cnccn3)o2)cc1C. The molecule has 2 aromatic heterocycles. The molecule has 0 aliphatic heterocycles. The molecule has 122 valence electrons. The van der Waals surface area contributed by atoms with Crippen LogP contribution in [0.3, 0.4) is 0 Å². The van der Waals surface area contributed by atoms with E-state index in [1.54, 1.807) is 6.20 Å². The molecule has 0 spiro atoms. The molecule has 7 nitrogen and oxygen atoms in total. The van der Waals surface area contributed by atoms with Crippen LogP contribution < -0.4 is 5.32 Å². The lowest BCUT2D eigenvalue weighted by Gasteiger charge is -2.06. The number of aryl methyl sites for hydroxylation is 2. The van der Waals surface area contributed by atoms with Crippen molar-refractivity contribution in [2.75, 3.05) is 0 Å². The Kier molecular flexibility index (Phi) is 4.60. The Morgan fingerprint density at radius 2 is 2.04 bits per heavy atom. The molecule has 1 amide bonds. The van der Waals surface area contributed by atoms with E-state index in [0.717, 1.165) is 5.56 Å². The Morgan fingerprint density at radius 3 is 2.79 bits per heavy atom. The Labute approximate surface area is 139 Å². The van der Waals surface area contributed by atoms with Gasteiger partial charge in [-0.15, -0.1) is 10.2 Å². The van der Waals surface area contributed by atoms with Crippen molar-refractivity contribution in [3.8, 4) is 11.6 Å². The molecule has 0 aliphatic rings. The van der Waals surface area contributed by atoms with Crippen LogP contribution in [0.2, 0.25) is 0 Å². The topological polar surface area (TPSA) is 93.8 Å². The van der Waals surface area contributed by atoms with Crippen molar-refractivity contribution < 1.29 is 9.21 Å². The van der Waals surface area contributed by atoms with E-state index in [4.69, 9.17) is 4.42 Å². The van der Waals surface area contributed by atoms with Crippen LogP contribution in [0.15, 0.2) is 41.2 Å². The molecule has 24 heavy (non-hydrogen) atoms. The van der Waals surface area contributed by atoms with Crippen molar-refractivity contribution in [1.82, 2.24) is 25.5 Å². The van der Waals surface area contributed by atoms with Crippen molar-refractivity contribution in [2.45, 2.75) is 26.8 Å². The first-order valence-corrected chi connectivity index (χ1v) is 7.53. The highest BCUT2D eigenvalue weighted by Gasteiger charge is 2.13. The van der Waals surface area contributed by atoms with Gasteiger partial charge in [0.15, 0.2) is 0 Å². The van der Waals surface area contributed by atoms with Crippen molar-refractivity contribution in [2.24, 2.45) is 0 Å². The van der Waals surface area contributed by atoms with Gasteiger partial charge in [0.05, 0.1) is 6.20 Å². The van der Waals surface area contributed by atoms with Gasteiger partial charge < -0.3 is 9.73 Å². The maximum absolute atomic E-state index is 12.0. The standard InChI is InChI=1S/C17H17N5O2/c1-11-3-4-13(7-12(11)2)9-20-15(23)8-16-21-22-17(24-16)14-10-18-5-6-19-14/h3-7,10H,8-9H2,1-2H3,(H,20,23). The van der Waals surface area contributed by atoms with Gasteiger partial charge in [-0.3, -0.25) is 9.78 Å². The fraction of sp³-hybridized carbons (Fsp3) is 0.235. The molecule has 0 atom stereocenters. The number of benzene rings is 1. The number of aromatic nitrogens is 4. The van der Waals surface area contributed by atoms with Crippen LogP contribution in [0.1, 0.15) is 22.6 Å². The third-order valence-electron chi connectivity index (χ3n) is 3.62. The number of hydrogen-bond acceptors (Lipinski definition) is 6.